The Morgan fingerprint density at radius 1 is 1.41 bits per heavy atom. The zero-order valence-corrected chi connectivity index (χ0v) is 10.4. The molecule has 0 radical (unpaired) electrons. The molecule has 2 N–H and O–H groups in total. The maximum absolute atomic E-state index is 5.64. The number of nitrogens with two attached hydrogens (primary N) is 1. The molecule has 0 amide bonds. The van der Waals surface area contributed by atoms with Crippen molar-refractivity contribution in [1.82, 2.24) is 9.55 Å². The minimum absolute atomic E-state index is 0.511. The fourth-order valence-electron chi connectivity index (χ4n) is 2.18. The van der Waals surface area contributed by atoms with Crippen molar-refractivity contribution in [1.29, 1.82) is 0 Å². The van der Waals surface area contributed by atoms with Gasteiger partial charge in [-0.2, -0.15) is 0 Å². The summed E-state index contributed by atoms with van der Waals surface area (Å²) >= 11 is 5.00. The Morgan fingerprint density at radius 2 is 2.18 bits per heavy atom. The van der Waals surface area contributed by atoms with Crippen molar-refractivity contribution in [2.75, 3.05) is 0 Å². The largest absolute Gasteiger partial charge is 0.393 e. The molecule has 1 aliphatic carbocycles. The van der Waals surface area contributed by atoms with Gasteiger partial charge in [0, 0.05) is 6.54 Å². The average Bonchev–Trinajstić information content (AvgIpc) is 3.03. The lowest BCUT2D eigenvalue weighted by molar-refractivity contribution is 0.621. The van der Waals surface area contributed by atoms with E-state index in [4.69, 9.17) is 18.0 Å². The number of imidazole rings is 1. The first-order chi connectivity index (χ1) is 8.24. The van der Waals surface area contributed by atoms with Gasteiger partial charge in [-0.1, -0.05) is 24.4 Å². The molecule has 3 rings (SSSR count). The summed E-state index contributed by atoms with van der Waals surface area (Å²) in [6, 6.07) is 8.23. The van der Waals surface area contributed by atoms with E-state index in [9.17, 15) is 0 Å². The molecule has 0 bridgehead atoms. The quantitative estimate of drug-likeness (QED) is 0.840. The predicted molar refractivity (Wildman–Crippen MR) is 72.9 cm³/mol. The first-order valence-electron chi connectivity index (χ1n) is 5.96. The summed E-state index contributed by atoms with van der Waals surface area (Å²) < 4.78 is 2.28. The molecule has 0 aliphatic heterocycles. The van der Waals surface area contributed by atoms with Crippen LogP contribution < -0.4 is 5.73 Å². The number of hydrogen-bond donors (Lipinski definition) is 1. The number of hydrogen-bond acceptors (Lipinski definition) is 2. The van der Waals surface area contributed by atoms with Gasteiger partial charge in [-0.25, -0.2) is 4.98 Å². The summed E-state index contributed by atoms with van der Waals surface area (Å²) in [5.41, 5.74) is 7.88. The highest BCUT2D eigenvalue weighted by Crippen LogP contribution is 2.32. The molecule has 0 atom stereocenters. The smallest absolute Gasteiger partial charge is 0.116 e. The molecule has 0 spiro atoms. The molecule has 17 heavy (non-hydrogen) atoms. The molecule has 0 unspecified atom stereocenters. The van der Waals surface area contributed by atoms with Crippen LogP contribution in [0.5, 0.6) is 0 Å². The van der Waals surface area contributed by atoms with Crippen LogP contribution in [-0.2, 0) is 13.0 Å². The van der Waals surface area contributed by atoms with Gasteiger partial charge in [0.05, 0.1) is 22.4 Å². The van der Waals surface area contributed by atoms with Crippen LogP contribution in [0.25, 0.3) is 11.0 Å². The second kappa shape index (κ2) is 4.11. The Bertz CT molecular complexity index is 569. The van der Waals surface area contributed by atoms with Crippen molar-refractivity contribution in [3.63, 3.8) is 0 Å². The number of aromatic nitrogens is 2. The first kappa shape index (κ1) is 10.7. The van der Waals surface area contributed by atoms with Crippen LogP contribution in [0.3, 0.4) is 0 Å². The van der Waals surface area contributed by atoms with E-state index in [0.717, 1.165) is 23.8 Å². The Labute approximate surface area is 106 Å². The second-order valence-corrected chi connectivity index (χ2v) is 5.24. The average molecular weight is 245 g/mol. The van der Waals surface area contributed by atoms with Gasteiger partial charge in [-0.3, -0.25) is 0 Å². The number of benzene rings is 1. The molecule has 3 nitrogen and oxygen atoms in total. The van der Waals surface area contributed by atoms with Crippen molar-refractivity contribution in [3.8, 4) is 0 Å². The van der Waals surface area contributed by atoms with Crippen LogP contribution in [-0.4, -0.2) is 14.5 Å². The fourth-order valence-corrected chi connectivity index (χ4v) is 2.31. The number of para-hydroxylation sites is 2. The third-order valence-electron chi connectivity index (χ3n) is 3.20. The van der Waals surface area contributed by atoms with Crippen LogP contribution in [0.4, 0.5) is 0 Å². The van der Waals surface area contributed by atoms with E-state index in [0.29, 0.717) is 11.4 Å². The summed E-state index contributed by atoms with van der Waals surface area (Å²) in [4.78, 5) is 5.14. The monoisotopic (exact) mass is 245 g/mol. The Balaban J connectivity index is 2.07. The molecule has 4 heteroatoms. The lowest BCUT2D eigenvalue weighted by Crippen LogP contribution is -2.16. The summed E-state index contributed by atoms with van der Waals surface area (Å²) in [7, 11) is 0. The van der Waals surface area contributed by atoms with Crippen LogP contribution in [0.1, 0.15) is 18.7 Å². The van der Waals surface area contributed by atoms with Crippen molar-refractivity contribution < 1.29 is 0 Å². The normalized spacial score (nSPS) is 15.3. The van der Waals surface area contributed by atoms with Gasteiger partial charge in [0.15, 0.2) is 0 Å². The van der Waals surface area contributed by atoms with E-state index in [1.165, 1.54) is 18.4 Å². The lowest BCUT2D eigenvalue weighted by Gasteiger charge is -2.07. The van der Waals surface area contributed by atoms with Crippen LogP contribution in [0.15, 0.2) is 24.3 Å². The molecule has 1 aromatic heterocycles. The SMILES string of the molecule is NC(=S)Cc1nc2ccccc2n1CC1CC1. The maximum Gasteiger partial charge on any atom is 0.116 e. The van der Waals surface area contributed by atoms with Crippen molar-refractivity contribution in [3.05, 3.63) is 30.1 Å². The van der Waals surface area contributed by atoms with Gasteiger partial charge in [0.2, 0.25) is 0 Å². The minimum atomic E-state index is 0.511. The molecule has 2 aromatic rings. The highest BCUT2D eigenvalue weighted by Gasteiger charge is 2.24. The van der Waals surface area contributed by atoms with Crippen LogP contribution in [0.2, 0.25) is 0 Å². The fraction of sp³-hybridized carbons (Fsp3) is 0.385. The van der Waals surface area contributed by atoms with Gasteiger partial charge in [0.25, 0.3) is 0 Å². The zero-order chi connectivity index (χ0) is 11.8. The van der Waals surface area contributed by atoms with E-state index in [2.05, 4.69) is 21.7 Å². The minimum Gasteiger partial charge on any atom is -0.393 e. The van der Waals surface area contributed by atoms with Crippen LogP contribution >= 0.6 is 12.2 Å². The van der Waals surface area contributed by atoms with Gasteiger partial charge in [0.1, 0.15) is 5.82 Å². The maximum atomic E-state index is 5.64. The first-order valence-corrected chi connectivity index (χ1v) is 6.37. The number of nitrogens with zero attached hydrogens (tertiary/aromatic N) is 2. The standard InChI is InChI=1S/C13H15N3S/c14-12(17)7-13-15-10-3-1-2-4-11(10)16(13)8-9-5-6-9/h1-4,9H,5-8H2,(H2,14,17). The lowest BCUT2D eigenvalue weighted by atomic mass is 10.3. The molecule has 1 saturated carbocycles. The van der Waals surface area contributed by atoms with Gasteiger partial charge in [-0.15, -0.1) is 0 Å². The Morgan fingerprint density at radius 3 is 2.88 bits per heavy atom. The van der Waals surface area contributed by atoms with Crippen molar-refractivity contribution >= 4 is 28.2 Å². The number of rotatable bonds is 4. The van der Waals surface area contributed by atoms with Crippen LogP contribution in [0, 0.1) is 5.92 Å². The molecular weight excluding hydrogens is 230 g/mol. The summed E-state index contributed by atoms with van der Waals surface area (Å²) in [6.07, 6.45) is 3.26. The molecule has 88 valence electrons. The number of fused-ring (bicyclic) bond motifs is 1. The van der Waals surface area contributed by atoms with E-state index in [1.54, 1.807) is 0 Å². The van der Waals surface area contributed by atoms with E-state index >= 15 is 0 Å². The molecule has 1 aliphatic rings. The summed E-state index contributed by atoms with van der Waals surface area (Å²) in [5.74, 6) is 1.82. The number of thiocarbonyl (C=S) groups is 1. The summed E-state index contributed by atoms with van der Waals surface area (Å²) in [5, 5.41) is 0. The van der Waals surface area contributed by atoms with Crippen molar-refractivity contribution in [2.45, 2.75) is 25.8 Å². The highest BCUT2D eigenvalue weighted by molar-refractivity contribution is 7.80. The molecule has 1 aromatic carbocycles. The predicted octanol–water partition coefficient (Wildman–Crippen LogP) is 2.27. The third-order valence-corrected chi connectivity index (χ3v) is 3.35. The van der Waals surface area contributed by atoms with Gasteiger partial charge < -0.3 is 10.3 Å². The summed E-state index contributed by atoms with van der Waals surface area (Å²) in [6.45, 7) is 1.05. The van der Waals surface area contributed by atoms with Crippen molar-refractivity contribution in [2.24, 2.45) is 11.7 Å². The Kier molecular flexibility index (Phi) is 2.59. The molecule has 1 heterocycles. The molecule has 1 fully saturated rings. The Hall–Kier alpha value is -1.42. The second-order valence-electron chi connectivity index (χ2n) is 4.71. The van der Waals surface area contributed by atoms with E-state index in [1.807, 2.05) is 12.1 Å². The zero-order valence-electron chi connectivity index (χ0n) is 9.60. The topological polar surface area (TPSA) is 43.8 Å². The molecular formula is C13H15N3S. The molecule has 0 saturated heterocycles. The van der Waals surface area contributed by atoms with Gasteiger partial charge in [-0.05, 0) is 30.9 Å². The van der Waals surface area contributed by atoms with E-state index in [-0.39, 0.29) is 0 Å². The van der Waals surface area contributed by atoms with Gasteiger partial charge >= 0.3 is 0 Å². The third kappa shape index (κ3) is 2.17. The van der Waals surface area contributed by atoms with E-state index < -0.39 is 0 Å². The highest BCUT2D eigenvalue weighted by atomic mass is 32.1.